The van der Waals surface area contributed by atoms with Crippen LogP contribution in [0.2, 0.25) is 18.1 Å². The second-order valence-corrected chi connectivity index (χ2v) is 12.8. The molecule has 118 valence electrons. The molecule has 2 rings (SSSR count). The van der Waals surface area contributed by atoms with E-state index in [0.717, 1.165) is 13.1 Å². The summed E-state index contributed by atoms with van der Waals surface area (Å²) in [5, 5.41) is 0.295. The summed E-state index contributed by atoms with van der Waals surface area (Å²) in [5.41, 5.74) is 1.40. The third-order valence-electron chi connectivity index (χ3n) is 5.16. The van der Waals surface area contributed by atoms with Crippen LogP contribution in [0, 0.1) is 0 Å². The first-order valence-electron chi connectivity index (χ1n) is 8.15. The highest BCUT2D eigenvalue weighted by Gasteiger charge is 2.41. The van der Waals surface area contributed by atoms with E-state index in [-0.39, 0.29) is 0 Å². The van der Waals surface area contributed by atoms with Crippen LogP contribution < -0.4 is 0 Å². The van der Waals surface area contributed by atoms with E-state index >= 15 is 0 Å². The number of benzene rings is 1. The average molecular weight is 306 g/mol. The number of likely N-dealkylation sites (tertiary alicyclic amines) is 1. The van der Waals surface area contributed by atoms with Crippen LogP contribution in [0.25, 0.3) is 0 Å². The minimum Gasteiger partial charge on any atom is -0.413 e. The van der Waals surface area contributed by atoms with E-state index in [9.17, 15) is 0 Å². The predicted molar refractivity (Wildman–Crippen MR) is 93.0 cm³/mol. The van der Waals surface area contributed by atoms with Crippen LogP contribution in [-0.4, -0.2) is 31.9 Å². The van der Waals surface area contributed by atoms with Crippen molar-refractivity contribution >= 4 is 8.32 Å². The van der Waals surface area contributed by atoms with Gasteiger partial charge < -0.3 is 4.43 Å². The molecule has 1 fully saturated rings. The first-order valence-corrected chi connectivity index (χ1v) is 11.1. The number of hydrogen-bond donors (Lipinski definition) is 0. The first-order chi connectivity index (χ1) is 9.69. The molecule has 21 heavy (non-hydrogen) atoms. The Labute approximate surface area is 131 Å². The van der Waals surface area contributed by atoms with Crippen LogP contribution in [-0.2, 0) is 11.0 Å². The Morgan fingerprint density at radius 3 is 2.38 bits per heavy atom. The van der Waals surface area contributed by atoms with Crippen molar-refractivity contribution in [2.24, 2.45) is 0 Å². The minimum atomic E-state index is -1.65. The third kappa shape index (κ3) is 4.18. The van der Waals surface area contributed by atoms with Crippen molar-refractivity contribution in [3.63, 3.8) is 0 Å². The lowest BCUT2D eigenvalue weighted by atomic mass is 10.2. The van der Waals surface area contributed by atoms with Crippen LogP contribution >= 0.6 is 0 Å². The molecule has 1 heterocycles. The summed E-state index contributed by atoms with van der Waals surface area (Å²) >= 11 is 0. The molecule has 0 amide bonds. The normalized spacial score (nSPS) is 24.5. The molecular weight excluding hydrogens is 274 g/mol. The first kappa shape index (κ1) is 16.7. The SMILES string of the molecule is CC1CC(O[Si](C)(C)C(C)(C)C)CN1Cc1ccccc1. The Hall–Kier alpha value is -0.643. The lowest BCUT2D eigenvalue weighted by Crippen LogP contribution is -2.44. The van der Waals surface area contributed by atoms with Gasteiger partial charge in [0.25, 0.3) is 0 Å². The molecule has 0 spiro atoms. The fourth-order valence-electron chi connectivity index (χ4n) is 2.76. The molecule has 2 nitrogen and oxygen atoms in total. The zero-order chi connectivity index (χ0) is 15.7. The maximum absolute atomic E-state index is 6.60. The number of nitrogens with zero attached hydrogens (tertiary/aromatic N) is 1. The molecule has 0 aliphatic carbocycles. The molecule has 0 saturated carbocycles. The van der Waals surface area contributed by atoms with Crippen LogP contribution in [0.15, 0.2) is 30.3 Å². The molecule has 0 N–H and O–H groups in total. The third-order valence-corrected chi connectivity index (χ3v) is 9.70. The Bertz CT molecular complexity index is 452. The van der Waals surface area contributed by atoms with Gasteiger partial charge in [-0.1, -0.05) is 51.1 Å². The summed E-state index contributed by atoms with van der Waals surface area (Å²) in [4.78, 5) is 2.56. The Morgan fingerprint density at radius 1 is 1.19 bits per heavy atom. The molecule has 0 bridgehead atoms. The topological polar surface area (TPSA) is 12.5 Å². The van der Waals surface area contributed by atoms with E-state index in [1.165, 1.54) is 12.0 Å². The summed E-state index contributed by atoms with van der Waals surface area (Å²) in [6.45, 7) is 16.1. The monoisotopic (exact) mass is 305 g/mol. The van der Waals surface area contributed by atoms with Gasteiger partial charge in [0, 0.05) is 19.1 Å². The van der Waals surface area contributed by atoms with Crippen molar-refractivity contribution in [3.8, 4) is 0 Å². The van der Waals surface area contributed by atoms with Gasteiger partial charge in [-0.15, -0.1) is 0 Å². The van der Waals surface area contributed by atoms with Gasteiger partial charge in [0.05, 0.1) is 6.10 Å². The molecule has 1 saturated heterocycles. The Balaban J connectivity index is 1.95. The van der Waals surface area contributed by atoms with Gasteiger partial charge in [0.2, 0.25) is 0 Å². The molecule has 3 heteroatoms. The highest BCUT2D eigenvalue weighted by Crippen LogP contribution is 2.38. The summed E-state index contributed by atoms with van der Waals surface area (Å²) < 4.78 is 6.60. The maximum atomic E-state index is 6.60. The fourth-order valence-corrected chi connectivity index (χ4v) is 4.12. The van der Waals surface area contributed by atoms with Crippen molar-refractivity contribution in [3.05, 3.63) is 35.9 Å². The smallest absolute Gasteiger partial charge is 0.192 e. The van der Waals surface area contributed by atoms with E-state index in [1.54, 1.807) is 0 Å². The van der Waals surface area contributed by atoms with Crippen molar-refractivity contribution in [2.75, 3.05) is 6.54 Å². The summed E-state index contributed by atoms with van der Waals surface area (Å²) in [5.74, 6) is 0. The summed E-state index contributed by atoms with van der Waals surface area (Å²) in [6, 6.07) is 11.4. The second-order valence-electron chi connectivity index (χ2n) is 8.00. The van der Waals surface area contributed by atoms with Gasteiger partial charge in [-0.3, -0.25) is 4.90 Å². The lowest BCUT2D eigenvalue weighted by Gasteiger charge is -2.38. The van der Waals surface area contributed by atoms with Crippen molar-refractivity contribution in [1.29, 1.82) is 0 Å². The zero-order valence-corrected chi connectivity index (χ0v) is 15.5. The van der Waals surface area contributed by atoms with Crippen LogP contribution in [0.1, 0.15) is 39.7 Å². The van der Waals surface area contributed by atoms with Gasteiger partial charge in [-0.2, -0.15) is 0 Å². The van der Waals surface area contributed by atoms with Crippen LogP contribution in [0.5, 0.6) is 0 Å². The average Bonchev–Trinajstić information content (AvgIpc) is 2.68. The molecule has 2 atom stereocenters. The van der Waals surface area contributed by atoms with Gasteiger partial charge >= 0.3 is 0 Å². The fraction of sp³-hybridized carbons (Fsp3) is 0.667. The molecule has 1 aliphatic rings. The van der Waals surface area contributed by atoms with E-state index in [1.807, 2.05) is 0 Å². The highest BCUT2D eigenvalue weighted by molar-refractivity contribution is 6.74. The van der Waals surface area contributed by atoms with E-state index in [4.69, 9.17) is 4.43 Å². The standard InChI is InChI=1S/C18H31NOSi/c1-15-12-17(20-21(5,6)18(2,3)4)14-19(15)13-16-10-8-7-9-11-16/h7-11,15,17H,12-14H2,1-6H3. The van der Waals surface area contributed by atoms with Crippen LogP contribution in [0.4, 0.5) is 0 Å². The molecule has 0 radical (unpaired) electrons. The van der Waals surface area contributed by atoms with Crippen LogP contribution in [0.3, 0.4) is 0 Å². The Morgan fingerprint density at radius 2 is 1.81 bits per heavy atom. The number of hydrogen-bond acceptors (Lipinski definition) is 2. The van der Waals surface area contributed by atoms with Gasteiger partial charge in [0.1, 0.15) is 0 Å². The van der Waals surface area contributed by atoms with E-state index in [2.05, 4.69) is 76.0 Å². The van der Waals surface area contributed by atoms with Gasteiger partial charge in [-0.05, 0) is 37.0 Å². The maximum Gasteiger partial charge on any atom is 0.192 e. The molecular formula is C18H31NOSi. The lowest BCUT2D eigenvalue weighted by molar-refractivity contribution is 0.178. The van der Waals surface area contributed by atoms with Crippen molar-refractivity contribution in [2.45, 2.75) is 70.9 Å². The predicted octanol–water partition coefficient (Wildman–Crippen LogP) is 4.67. The van der Waals surface area contributed by atoms with E-state index in [0.29, 0.717) is 17.2 Å². The Kier molecular flexibility index (Phi) is 4.96. The van der Waals surface area contributed by atoms with Crippen molar-refractivity contribution in [1.82, 2.24) is 4.90 Å². The van der Waals surface area contributed by atoms with E-state index < -0.39 is 8.32 Å². The molecule has 1 aromatic rings. The minimum absolute atomic E-state index is 0.295. The molecule has 0 aromatic heterocycles. The van der Waals surface area contributed by atoms with Gasteiger partial charge in [0.15, 0.2) is 8.32 Å². The highest BCUT2D eigenvalue weighted by atomic mass is 28.4. The quantitative estimate of drug-likeness (QED) is 0.749. The largest absolute Gasteiger partial charge is 0.413 e. The summed E-state index contributed by atoms with van der Waals surface area (Å²) in [6.07, 6.45) is 1.57. The molecule has 2 unspecified atom stereocenters. The molecule has 1 aliphatic heterocycles. The zero-order valence-electron chi connectivity index (χ0n) is 14.5. The second kappa shape index (κ2) is 6.23. The van der Waals surface area contributed by atoms with Gasteiger partial charge in [-0.25, -0.2) is 0 Å². The summed E-state index contributed by atoms with van der Waals surface area (Å²) in [7, 11) is -1.65. The van der Waals surface area contributed by atoms with Crippen molar-refractivity contribution < 1.29 is 4.43 Å². The molecule has 1 aromatic carbocycles. The number of rotatable bonds is 4.